The summed E-state index contributed by atoms with van der Waals surface area (Å²) in [5, 5.41) is 0. The first-order chi connectivity index (χ1) is 11.5. The van der Waals surface area contributed by atoms with Gasteiger partial charge in [-0.25, -0.2) is 0 Å². The van der Waals surface area contributed by atoms with E-state index in [0.717, 1.165) is 5.54 Å². The zero-order valence-electron chi connectivity index (χ0n) is 17.5. The molecule has 0 atom stereocenters. The van der Waals surface area contributed by atoms with Crippen molar-refractivity contribution in [3.63, 3.8) is 0 Å². The lowest BCUT2D eigenvalue weighted by atomic mass is 10.0. The van der Waals surface area contributed by atoms with Crippen molar-refractivity contribution in [3.05, 3.63) is 0 Å². The summed E-state index contributed by atoms with van der Waals surface area (Å²) in [6.45, 7) is 9.26. The van der Waals surface area contributed by atoms with Gasteiger partial charge in [-0.1, -0.05) is 128 Å². The van der Waals surface area contributed by atoms with Crippen molar-refractivity contribution in [2.75, 3.05) is 0 Å². The topological polar surface area (TPSA) is 0 Å². The van der Waals surface area contributed by atoms with E-state index in [4.69, 9.17) is 11.1 Å². The van der Waals surface area contributed by atoms with E-state index in [2.05, 4.69) is 26.9 Å². The first-order valence-corrected chi connectivity index (χ1v) is 17.2. The molecule has 0 heterocycles. The highest BCUT2D eigenvalue weighted by molar-refractivity contribution is 7.19. The van der Waals surface area contributed by atoms with Crippen LogP contribution in [0.2, 0.25) is 30.7 Å². The van der Waals surface area contributed by atoms with Gasteiger partial charge in [0.1, 0.15) is 7.38 Å². The lowest BCUT2D eigenvalue weighted by molar-refractivity contribution is 0.531. The van der Waals surface area contributed by atoms with Crippen molar-refractivity contribution < 1.29 is 0 Å². The Morgan fingerprint density at radius 2 is 1.12 bits per heavy atom. The Bertz CT molecular complexity index is 235. The number of hydrogen-bond donors (Lipinski definition) is 0. The molecule has 0 N–H and O–H groups in total. The first-order valence-electron chi connectivity index (χ1n) is 11.2. The molecule has 0 aromatic heterocycles. The zero-order chi connectivity index (χ0) is 18.1. The van der Waals surface area contributed by atoms with Crippen LogP contribution < -0.4 is 0 Å². The van der Waals surface area contributed by atoms with E-state index in [-0.39, 0.29) is 9.52 Å². The van der Waals surface area contributed by atoms with Crippen LogP contribution in [0.4, 0.5) is 0 Å². The van der Waals surface area contributed by atoms with Gasteiger partial charge in [0.05, 0.1) is 0 Å². The zero-order valence-corrected chi connectivity index (χ0v) is 20.6. The standard InChI is InChI=1S/C21H47ClSi2/c1-5-7-9-11-13-15-17-21(23-19-20-24(3,4)22)18-16-14-12-10-8-6-2/h21H,5-20,23H2,1-4H3. The maximum atomic E-state index is 6.53. The molecule has 0 aliphatic heterocycles. The molecule has 0 saturated carbocycles. The molecule has 24 heavy (non-hydrogen) atoms. The largest absolute Gasteiger partial charge is 0.168 e. The maximum absolute atomic E-state index is 6.53. The van der Waals surface area contributed by atoms with Gasteiger partial charge in [-0.2, -0.15) is 11.1 Å². The molecule has 146 valence electrons. The van der Waals surface area contributed by atoms with Crippen LogP contribution in [-0.2, 0) is 0 Å². The average Bonchev–Trinajstić information content (AvgIpc) is 2.52. The van der Waals surface area contributed by atoms with E-state index < -0.39 is 7.38 Å². The minimum Gasteiger partial charge on any atom is -0.168 e. The van der Waals surface area contributed by atoms with Crippen molar-refractivity contribution >= 4 is 28.0 Å². The molecule has 0 aliphatic carbocycles. The predicted molar refractivity (Wildman–Crippen MR) is 121 cm³/mol. The van der Waals surface area contributed by atoms with E-state index in [9.17, 15) is 0 Å². The summed E-state index contributed by atoms with van der Waals surface area (Å²) < 4.78 is 0. The van der Waals surface area contributed by atoms with Crippen LogP contribution in [0.5, 0.6) is 0 Å². The molecule has 0 amide bonds. The summed E-state index contributed by atoms with van der Waals surface area (Å²) in [5.74, 6) is 0. The normalized spacial score (nSPS) is 12.8. The van der Waals surface area contributed by atoms with Gasteiger partial charge in [-0.3, -0.25) is 0 Å². The highest BCUT2D eigenvalue weighted by Gasteiger charge is 2.17. The van der Waals surface area contributed by atoms with Gasteiger partial charge in [0.15, 0.2) is 0 Å². The van der Waals surface area contributed by atoms with Crippen LogP contribution >= 0.6 is 11.1 Å². The molecule has 0 fully saturated rings. The van der Waals surface area contributed by atoms with Gasteiger partial charge in [0, 0.05) is 9.52 Å². The summed E-state index contributed by atoms with van der Waals surface area (Å²) in [6.07, 6.45) is 20.5. The Kier molecular flexibility index (Phi) is 17.7. The van der Waals surface area contributed by atoms with Crippen LogP contribution in [0.3, 0.4) is 0 Å². The first kappa shape index (κ1) is 24.7. The van der Waals surface area contributed by atoms with Crippen LogP contribution in [0.1, 0.15) is 104 Å². The van der Waals surface area contributed by atoms with E-state index >= 15 is 0 Å². The molecule has 0 unspecified atom stereocenters. The second-order valence-corrected chi connectivity index (χ2v) is 18.0. The minimum atomic E-state index is -1.32. The lowest BCUT2D eigenvalue weighted by Crippen LogP contribution is -2.17. The molecule has 3 heteroatoms. The van der Waals surface area contributed by atoms with Gasteiger partial charge in [-0.15, -0.1) is 0 Å². The van der Waals surface area contributed by atoms with Crippen molar-refractivity contribution in [3.8, 4) is 0 Å². The Morgan fingerprint density at radius 3 is 1.54 bits per heavy atom. The quantitative estimate of drug-likeness (QED) is 0.125. The molecule has 0 radical (unpaired) electrons. The van der Waals surface area contributed by atoms with E-state index in [1.165, 1.54) is 102 Å². The van der Waals surface area contributed by atoms with Crippen molar-refractivity contribution in [1.29, 1.82) is 0 Å². The van der Waals surface area contributed by atoms with Crippen molar-refractivity contribution in [1.82, 2.24) is 0 Å². The van der Waals surface area contributed by atoms with Crippen molar-refractivity contribution in [2.24, 2.45) is 0 Å². The summed E-state index contributed by atoms with van der Waals surface area (Å²) in [4.78, 5) is 0. The number of unbranched alkanes of at least 4 members (excludes halogenated alkanes) is 10. The van der Waals surface area contributed by atoms with Gasteiger partial charge in [-0.05, 0) is 6.04 Å². The second kappa shape index (κ2) is 17.2. The summed E-state index contributed by atoms with van der Waals surface area (Å²) >= 11 is 6.53. The van der Waals surface area contributed by atoms with Crippen LogP contribution in [0, 0.1) is 0 Å². The molecule has 0 spiro atoms. The third-order valence-electron chi connectivity index (χ3n) is 5.32. The van der Waals surface area contributed by atoms with Crippen molar-refractivity contribution in [2.45, 2.75) is 134 Å². The van der Waals surface area contributed by atoms with E-state index in [1.54, 1.807) is 0 Å². The summed E-state index contributed by atoms with van der Waals surface area (Å²) in [6, 6.07) is 2.88. The molecule has 0 aromatic carbocycles. The molecular formula is C21H47ClSi2. The highest BCUT2D eigenvalue weighted by atomic mass is 35.6. The third kappa shape index (κ3) is 19.1. The highest BCUT2D eigenvalue weighted by Crippen LogP contribution is 2.26. The Balaban J connectivity index is 3.87. The van der Waals surface area contributed by atoms with Gasteiger partial charge < -0.3 is 0 Å². The van der Waals surface area contributed by atoms with Crippen LogP contribution in [0.25, 0.3) is 0 Å². The molecule has 0 rings (SSSR count). The summed E-state index contributed by atoms with van der Waals surface area (Å²) in [7, 11) is -1.22. The van der Waals surface area contributed by atoms with Gasteiger partial charge in [0.2, 0.25) is 0 Å². The Hall–Kier alpha value is 0.724. The SMILES string of the molecule is CCCCCCCCC(CCCCCCCC)[SiH2]CC[Si](C)(C)Cl. The Labute approximate surface area is 162 Å². The van der Waals surface area contributed by atoms with Crippen LogP contribution in [-0.4, -0.2) is 16.9 Å². The van der Waals surface area contributed by atoms with E-state index in [1.807, 2.05) is 0 Å². The van der Waals surface area contributed by atoms with Gasteiger partial charge in [0.25, 0.3) is 0 Å². The Morgan fingerprint density at radius 1 is 0.708 bits per heavy atom. The van der Waals surface area contributed by atoms with Gasteiger partial charge >= 0.3 is 0 Å². The third-order valence-corrected chi connectivity index (χ3v) is 10.5. The molecule has 0 aromatic rings. The summed E-state index contributed by atoms with van der Waals surface area (Å²) in [5.41, 5.74) is 1.12. The fourth-order valence-electron chi connectivity index (χ4n) is 3.67. The van der Waals surface area contributed by atoms with E-state index in [0.29, 0.717) is 0 Å². The number of hydrogen-bond acceptors (Lipinski definition) is 0. The molecular weight excluding hydrogens is 344 g/mol. The number of rotatable bonds is 18. The minimum absolute atomic E-state index is 0.108. The van der Waals surface area contributed by atoms with Crippen LogP contribution in [0.15, 0.2) is 0 Å². The fourth-order valence-corrected chi connectivity index (χ4v) is 10.8. The lowest BCUT2D eigenvalue weighted by Gasteiger charge is -2.18. The smallest absolute Gasteiger partial charge is 0.150 e. The predicted octanol–water partition coefficient (Wildman–Crippen LogP) is 8.31. The molecule has 0 nitrogen and oxygen atoms in total. The fraction of sp³-hybridized carbons (Fsp3) is 1.00. The molecule has 0 bridgehead atoms. The molecule has 0 aliphatic rings. The maximum Gasteiger partial charge on any atom is 0.150 e. The monoisotopic (exact) mass is 390 g/mol. The second-order valence-electron chi connectivity index (χ2n) is 8.59. The average molecular weight is 391 g/mol. The number of halogens is 1. The molecule has 0 saturated heterocycles.